The highest BCUT2D eigenvalue weighted by Crippen LogP contribution is 2.28. The average molecular weight is 404 g/mol. The molecule has 1 unspecified atom stereocenters. The van der Waals surface area contributed by atoms with Crippen LogP contribution in [0.5, 0.6) is 0 Å². The SMILES string of the molecule is CC(C)c1ccc(C(NC(=O)c2ccnc(-n3cncn3)c2)c2cccs2)cc1. The number of nitrogens with zero attached hydrogens (tertiary/aromatic N) is 4. The lowest BCUT2D eigenvalue weighted by Gasteiger charge is -2.19. The maximum atomic E-state index is 13.0. The molecule has 0 fully saturated rings. The predicted molar refractivity (Wildman–Crippen MR) is 113 cm³/mol. The van der Waals surface area contributed by atoms with Crippen molar-refractivity contribution in [2.24, 2.45) is 0 Å². The Labute approximate surface area is 173 Å². The molecule has 0 aliphatic heterocycles. The number of thiophene rings is 1. The van der Waals surface area contributed by atoms with E-state index in [2.05, 4.69) is 58.5 Å². The van der Waals surface area contributed by atoms with Gasteiger partial charge in [0.15, 0.2) is 5.82 Å². The van der Waals surface area contributed by atoms with Gasteiger partial charge in [0, 0.05) is 16.6 Å². The number of amides is 1. The summed E-state index contributed by atoms with van der Waals surface area (Å²) in [5.74, 6) is 0.843. The molecule has 29 heavy (non-hydrogen) atoms. The van der Waals surface area contributed by atoms with Gasteiger partial charge in [-0.1, -0.05) is 44.2 Å². The van der Waals surface area contributed by atoms with Crippen molar-refractivity contribution in [2.45, 2.75) is 25.8 Å². The number of carbonyl (C=O) groups is 1. The molecule has 1 amide bonds. The largest absolute Gasteiger partial charge is 0.340 e. The Morgan fingerprint density at radius 2 is 1.90 bits per heavy atom. The molecule has 7 heteroatoms. The molecule has 0 aliphatic rings. The molecule has 0 saturated carbocycles. The molecule has 0 bridgehead atoms. The van der Waals surface area contributed by atoms with Gasteiger partial charge in [-0.25, -0.2) is 14.6 Å². The molecule has 1 atom stereocenters. The summed E-state index contributed by atoms with van der Waals surface area (Å²) in [5, 5.41) is 9.26. The van der Waals surface area contributed by atoms with Crippen LogP contribution in [0.15, 0.2) is 72.8 Å². The zero-order valence-electron chi connectivity index (χ0n) is 16.2. The molecule has 0 radical (unpaired) electrons. The molecule has 6 nitrogen and oxygen atoms in total. The van der Waals surface area contributed by atoms with E-state index in [1.54, 1.807) is 36.0 Å². The normalized spacial score (nSPS) is 12.1. The van der Waals surface area contributed by atoms with E-state index in [0.717, 1.165) is 10.4 Å². The maximum absolute atomic E-state index is 13.0. The molecule has 0 saturated heterocycles. The second-order valence-electron chi connectivity index (χ2n) is 6.99. The average Bonchev–Trinajstić information content (AvgIpc) is 3.46. The second kappa shape index (κ2) is 8.36. The van der Waals surface area contributed by atoms with Gasteiger partial charge in [-0.3, -0.25) is 4.79 Å². The zero-order valence-corrected chi connectivity index (χ0v) is 17.0. The summed E-state index contributed by atoms with van der Waals surface area (Å²) >= 11 is 1.63. The first-order valence-electron chi connectivity index (χ1n) is 9.37. The minimum Gasteiger partial charge on any atom is -0.340 e. The van der Waals surface area contributed by atoms with Gasteiger partial charge in [0.25, 0.3) is 5.91 Å². The fraction of sp³-hybridized carbons (Fsp3) is 0.182. The lowest BCUT2D eigenvalue weighted by atomic mass is 9.98. The molecule has 0 spiro atoms. The molecule has 1 N–H and O–H groups in total. The van der Waals surface area contributed by atoms with Crippen LogP contribution in [0.3, 0.4) is 0 Å². The van der Waals surface area contributed by atoms with Gasteiger partial charge < -0.3 is 5.32 Å². The summed E-state index contributed by atoms with van der Waals surface area (Å²) in [6, 6.07) is 15.7. The number of rotatable bonds is 6. The number of hydrogen-bond acceptors (Lipinski definition) is 5. The predicted octanol–water partition coefficient (Wildman–Crippen LogP) is 4.37. The lowest BCUT2D eigenvalue weighted by Crippen LogP contribution is -2.29. The first kappa shape index (κ1) is 19.0. The molecule has 3 aromatic heterocycles. The maximum Gasteiger partial charge on any atom is 0.252 e. The molecular weight excluding hydrogens is 382 g/mol. The van der Waals surface area contributed by atoms with E-state index in [1.165, 1.54) is 16.6 Å². The minimum atomic E-state index is -0.216. The highest BCUT2D eigenvalue weighted by Gasteiger charge is 2.19. The third-order valence-corrected chi connectivity index (χ3v) is 5.64. The topological polar surface area (TPSA) is 72.7 Å². The first-order valence-corrected chi connectivity index (χ1v) is 10.2. The second-order valence-corrected chi connectivity index (χ2v) is 7.97. The Kier molecular flexibility index (Phi) is 5.48. The number of pyridine rings is 1. The van der Waals surface area contributed by atoms with E-state index in [1.807, 2.05) is 17.5 Å². The summed E-state index contributed by atoms with van der Waals surface area (Å²) in [6.45, 7) is 4.34. The Hall–Kier alpha value is -3.32. The summed E-state index contributed by atoms with van der Waals surface area (Å²) in [4.78, 5) is 22.3. The van der Waals surface area contributed by atoms with Crippen LogP contribution in [0.1, 0.15) is 52.2 Å². The third kappa shape index (κ3) is 4.25. The van der Waals surface area contributed by atoms with Crippen molar-refractivity contribution < 1.29 is 4.79 Å². The minimum absolute atomic E-state index is 0.167. The molecule has 4 rings (SSSR count). The van der Waals surface area contributed by atoms with E-state index in [9.17, 15) is 4.79 Å². The van der Waals surface area contributed by atoms with Crippen LogP contribution in [0, 0.1) is 0 Å². The van der Waals surface area contributed by atoms with Crippen LogP contribution < -0.4 is 5.32 Å². The first-order chi connectivity index (χ1) is 14.1. The Balaban J connectivity index is 1.61. The number of carbonyl (C=O) groups excluding carboxylic acids is 1. The summed E-state index contributed by atoms with van der Waals surface area (Å²) < 4.78 is 1.53. The van der Waals surface area contributed by atoms with E-state index in [4.69, 9.17) is 0 Å². The number of nitrogens with one attached hydrogen (secondary N) is 1. The quantitative estimate of drug-likeness (QED) is 0.519. The van der Waals surface area contributed by atoms with E-state index in [-0.39, 0.29) is 11.9 Å². The van der Waals surface area contributed by atoms with Gasteiger partial charge >= 0.3 is 0 Å². The third-order valence-electron chi connectivity index (χ3n) is 4.70. The van der Waals surface area contributed by atoms with Crippen molar-refractivity contribution in [3.63, 3.8) is 0 Å². The van der Waals surface area contributed by atoms with Crippen LogP contribution in [-0.2, 0) is 0 Å². The zero-order chi connectivity index (χ0) is 20.2. The van der Waals surface area contributed by atoms with Gasteiger partial charge in [0.05, 0.1) is 6.04 Å². The highest BCUT2D eigenvalue weighted by atomic mass is 32.1. The Bertz CT molecular complexity index is 1070. The van der Waals surface area contributed by atoms with E-state index in [0.29, 0.717) is 17.3 Å². The monoisotopic (exact) mass is 403 g/mol. The lowest BCUT2D eigenvalue weighted by molar-refractivity contribution is 0.0943. The van der Waals surface area contributed by atoms with Gasteiger partial charge in [-0.15, -0.1) is 11.3 Å². The van der Waals surface area contributed by atoms with Crippen LogP contribution in [0.25, 0.3) is 5.82 Å². The summed E-state index contributed by atoms with van der Waals surface area (Å²) in [7, 11) is 0. The molecule has 1 aromatic carbocycles. The summed E-state index contributed by atoms with van der Waals surface area (Å²) in [6.07, 6.45) is 4.58. The molecule has 0 aliphatic carbocycles. The van der Waals surface area contributed by atoms with Crippen molar-refractivity contribution in [3.05, 3.63) is 94.3 Å². The molecular formula is C22H21N5OS. The van der Waals surface area contributed by atoms with E-state index >= 15 is 0 Å². The van der Waals surface area contributed by atoms with Crippen LogP contribution in [0.2, 0.25) is 0 Å². The van der Waals surface area contributed by atoms with Crippen molar-refractivity contribution in [1.29, 1.82) is 0 Å². The number of benzene rings is 1. The van der Waals surface area contributed by atoms with Crippen molar-refractivity contribution in [3.8, 4) is 5.82 Å². The summed E-state index contributed by atoms with van der Waals surface area (Å²) in [5.41, 5.74) is 2.85. The molecule has 3 heterocycles. The Morgan fingerprint density at radius 3 is 2.55 bits per heavy atom. The smallest absolute Gasteiger partial charge is 0.252 e. The number of hydrogen-bond donors (Lipinski definition) is 1. The van der Waals surface area contributed by atoms with E-state index < -0.39 is 0 Å². The van der Waals surface area contributed by atoms with Crippen LogP contribution >= 0.6 is 11.3 Å². The Morgan fingerprint density at radius 1 is 1.10 bits per heavy atom. The van der Waals surface area contributed by atoms with Crippen molar-refractivity contribution in [1.82, 2.24) is 25.1 Å². The highest BCUT2D eigenvalue weighted by molar-refractivity contribution is 7.10. The van der Waals surface area contributed by atoms with Crippen LogP contribution in [0.4, 0.5) is 0 Å². The molecule has 4 aromatic rings. The van der Waals surface area contributed by atoms with Gasteiger partial charge in [-0.2, -0.15) is 5.10 Å². The van der Waals surface area contributed by atoms with Crippen molar-refractivity contribution in [2.75, 3.05) is 0 Å². The van der Waals surface area contributed by atoms with Crippen LogP contribution in [-0.4, -0.2) is 25.7 Å². The fourth-order valence-electron chi connectivity index (χ4n) is 3.07. The van der Waals surface area contributed by atoms with Gasteiger partial charge in [0.2, 0.25) is 0 Å². The van der Waals surface area contributed by atoms with Gasteiger partial charge in [-0.05, 0) is 40.6 Å². The van der Waals surface area contributed by atoms with Gasteiger partial charge in [0.1, 0.15) is 12.7 Å². The fourth-order valence-corrected chi connectivity index (χ4v) is 3.88. The number of aromatic nitrogens is 4. The molecule has 146 valence electrons. The standard InChI is InChI=1S/C22H21N5OS/c1-15(2)16-5-7-17(8-6-16)21(19-4-3-11-29-19)26-22(28)18-9-10-24-20(12-18)27-14-23-13-25-27/h3-15,21H,1-2H3,(H,26,28). The van der Waals surface area contributed by atoms with Crippen molar-refractivity contribution >= 4 is 17.2 Å².